The highest BCUT2D eigenvalue weighted by atomic mass is 35.5. The SMILES string of the molecule is CC(C)(C)CN1CCC2(CC1)CN(c1ccccc1NC(=O)Nc1nc3c(s1)CN(C(=O)C(F)(F)F)CC3)c1c(O)ccc(Cl)c12. The van der Waals surface area contributed by atoms with Crippen molar-refractivity contribution in [2.45, 2.75) is 58.2 Å². The number of benzene rings is 2. The number of aromatic nitrogens is 1. The summed E-state index contributed by atoms with van der Waals surface area (Å²) in [4.78, 5) is 35.1. The molecule has 0 aliphatic carbocycles. The summed E-state index contributed by atoms with van der Waals surface area (Å²) in [5.74, 6) is -1.78. The van der Waals surface area contributed by atoms with Gasteiger partial charge in [-0.1, -0.05) is 55.8 Å². The second kappa shape index (κ2) is 11.9. The van der Waals surface area contributed by atoms with E-state index in [0.29, 0.717) is 39.2 Å². The highest BCUT2D eigenvalue weighted by molar-refractivity contribution is 7.15. The monoisotopic (exact) mass is 676 g/mol. The number of carbonyl (C=O) groups is 2. The van der Waals surface area contributed by atoms with Crippen LogP contribution in [0.25, 0.3) is 0 Å². The Bertz CT molecular complexity index is 1670. The molecule has 246 valence electrons. The maximum absolute atomic E-state index is 13.2. The number of hydrogen-bond donors (Lipinski definition) is 3. The normalized spacial score (nSPS) is 18.0. The first-order valence-corrected chi connectivity index (χ1v) is 16.4. The molecule has 1 spiro atoms. The number of thiazole rings is 1. The molecule has 3 aliphatic heterocycles. The summed E-state index contributed by atoms with van der Waals surface area (Å²) in [5.41, 5.74) is 3.20. The smallest absolute Gasteiger partial charge is 0.471 e. The molecule has 6 rings (SSSR count). The van der Waals surface area contributed by atoms with E-state index in [9.17, 15) is 27.9 Å². The van der Waals surface area contributed by atoms with Gasteiger partial charge in [-0.05, 0) is 55.6 Å². The number of likely N-dealkylation sites (tertiary alicyclic amines) is 1. The molecule has 4 heterocycles. The van der Waals surface area contributed by atoms with Gasteiger partial charge in [0.25, 0.3) is 0 Å². The van der Waals surface area contributed by atoms with Crippen molar-refractivity contribution < 1.29 is 27.9 Å². The van der Waals surface area contributed by atoms with Crippen LogP contribution in [-0.4, -0.2) is 70.7 Å². The van der Waals surface area contributed by atoms with Gasteiger partial charge in [-0.15, -0.1) is 0 Å². The molecule has 0 atom stereocenters. The fourth-order valence-corrected chi connectivity index (χ4v) is 8.26. The van der Waals surface area contributed by atoms with Crippen molar-refractivity contribution in [1.82, 2.24) is 14.8 Å². The van der Waals surface area contributed by atoms with Gasteiger partial charge in [-0.2, -0.15) is 13.2 Å². The van der Waals surface area contributed by atoms with E-state index in [-0.39, 0.29) is 41.2 Å². The Kier molecular flexibility index (Phi) is 8.39. The Labute approximate surface area is 274 Å². The number of anilines is 4. The van der Waals surface area contributed by atoms with E-state index in [2.05, 4.69) is 41.3 Å². The van der Waals surface area contributed by atoms with E-state index in [1.54, 1.807) is 24.3 Å². The van der Waals surface area contributed by atoms with Crippen molar-refractivity contribution in [3.8, 4) is 5.75 Å². The number of hydrogen-bond acceptors (Lipinski definition) is 7. The minimum atomic E-state index is -4.95. The largest absolute Gasteiger partial charge is 0.506 e. The maximum atomic E-state index is 13.2. The van der Waals surface area contributed by atoms with Crippen LogP contribution in [-0.2, 0) is 23.2 Å². The third-order valence-electron chi connectivity index (χ3n) is 8.80. The predicted molar refractivity (Wildman–Crippen MR) is 173 cm³/mol. The summed E-state index contributed by atoms with van der Waals surface area (Å²) < 4.78 is 38.8. The van der Waals surface area contributed by atoms with Crippen LogP contribution in [0.2, 0.25) is 5.02 Å². The maximum Gasteiger partial charge on any atom is 0.471 e. The Morgan fingerprint density at radius 2 is 1.78 bits per heavy atom. The van der Waals surface area contributed by atoms with E-state index in [1.165, 1.54) is 0 Å². The van der Waals surface area contributed by atoms with Gasteiger partial charge in [0, 0.05) is 46.9 Å². The molecule has 3 amide bonds. The zero-order valence-corrected chi connectivity index (χ0v) is 27.4. The summed E-state index contributed by atoms with van der Waals surface area (Å²) in [7, 11) is 0. The lowest BCUT2D eigenvalue weighted by Gasteiger charge is -2.42. The molecule has 1 fully saturated rings. The van der Waals surface area contributed by atoms with Crippen molar-refractivity contribution in [2.75, 3.05) is 48.3 Å². The van der Waals surface area contributed by atoms with E-state index in [4.69, 9.17) is 11.6 Å². The second-order valence-electron chi connectivity index (χ2n) is 13.5. The Morgan fingerprint density at radius 3 is 2.48 bits per heavy atom. The average Bonchev–Trinajstić information content (AvgIpc) is 3.53. The molecule has 14 heteroatoms. The highest BCUT2D eigenvalue weighted by Crippen LogP contribution is 2.56. The molecule has 1 saturated heterocycles. The van der Waals surface area contributed by atoms with Crippen molar-refractivity contribution >= 4 is 57.1 Å². The molecule has 2 aromatic carbocycles. The van der Waals surface area contributed by atoms with Crippen molar-refractivity contribution in [1.29, 1.82) is 0 Å². The lowest BCUT2D eigenvalue weighted by atomic mass is 9.74. The van der Waals surface area contributed by atoms with E-state index >= 15 is 0 Å². The number of phenolic OH excluding ortho intramolecular Hbond substituents is 1. The lowest BCUT2D eigenvalue weighted by Crippen LogP contribution is -2.47. The number of carbonyl (C=O) groups excluding carboxylic acids is 2. The topological polar surface area (TPSA) is 101 Å². The minimum absolute atomic E-state index is 0.0988. The molecular weight excluding hydrogens is 641 g/mol. The minimum Gasteiger partial charge on any atom is -0.506 e. The number of nitrogens with one attached hydrogen (secondary N) is 2. The number of aromatic hydroxyl groups is 1. The predicted octanol–water partition coefficient (Wildman–Crippen LogP) is 7.12. The third kappa shape index (κ3) is 6.37. The molecule has 3 aromatic rings. The van der Waals surface area contributed by atoms with Crippen LogP contribution in [0, 0.1) is 5.41 Å². The highest BCUT2D eigenvalue weighted by Gasteiger charge is 2.48. The Morgan fingerprint density at radius 1 is 1.07 bits per heavy atom. The van der Waals surface area contributed by atoms with Crippen LogP contribution in [0.1, 0.15) is 49.7 Å². The zero-order valence-electron chi connectivity index (χ0n) is 25.8. The summed E-state index contributed by atoms with van der Waals surface area (Å²) in [6.45, 7) is 9.75. The molecular formula is C32H36ClF3N6O3S. The number of amides is 3. The third-order valence-corrected chi connectivity index (χ3v) is 10.1. The van der Waals surface area contributed by atoms with Gasteiger partial charge in [-0.3, -0.25) is 10.1 Å². The number of para-hydroxylation sites is 2. The van der Waals surface area contributed by atoms with Gasteiger partial charge >= 0.3 is 18.1 Å². The molecule has 46 heavy (non-hydrogen) atoms. The van der Waals surface area contributed by atoms with Gasteiger partial charge < -0.3 is 25.1 Å². The molecule has 3 aliphatic rings. The fourth-order valence-electron chi connectivity index (χ4n) is 6.88. The van der Waals surface area contributed by atoms with Crippen molar-refractivity contribution in [2.24, 2.45) is 5.41 Å². The molecule has 3 N–H and O–H groups in total. The standard InChI is InChI=1S/C32H36ClF3N6O3S/c1-30(2,3)17-40-14-11-31(12-15-40)18-42(26-23(43)9-8-19(33)25(26)31)22-7-5-4-6-20(22)37-28(45)39-29-38-21-10-13-41(16-24(21)46-29)27(44)32(34,35)36/h4-9,43H,10-18H2,1-3H3,(H2,37,38,39,45). The number of rotatable bonds is 4. The van der Waals surface area contributed by atoms with Crippen LogP contribution in [0.3, 0.4) is 0 Å². The summed E-state index contributed by atoms with van der Waals surface area (Å²) in [6, 6.07) is 10.1. The molecule has 0 bridgehead atoms. The van der Waals surface area contributed by atoms with E-state index < -0.39 is 18.1 Å². The quantitative estimate of drug-likeness (QED) is 0.272. The second-order valence-corrected chi connectivity index (χ2v) is 14.9. The van der Waals surface area contributed by atoms with Crippen LogP contribution in [0.15, 0.2) is 36.4 Å². The van der Waals surface area contributed by atoms with Crippen LogP contribution in [0.4, 0.5) is 40.2 Å². The van der Waals surface area contributed by atoms with Crippen LogP contribution >= 0.6 is 22.9 Å². The number of urea groups is 1. The summed E-state index contributed by atoms with van der Waals surface area (Å²) in [6.07, 6.45) is -3.05. The van der Waals surface area contributed by atoms with E-state index in [1.807, 2.05) is 17.0 Å². The van der Waals surface area contributed by atoms with Gasteiger partial charge in [0.15, 0.2) is 5.13 Å². The number of fused-ring (bicyclic) bond motifs is 3. The zero-order chi connectivity index (χ0) is 33.0. The van der Waals surface area contributed by atoms with Gasteiger partial charge in [0.05, 0.1) is 29.3 Å². The van der Waals surface area contributed by atoms with Crippen molar-refractivity contribution in [3.05, 3.63) is 57.6 Å². The Balaban J connectivity index is 1.21. The Hall–Kier alpha value is -3.55. The number of phenols is 1. The molecule has 0 saturated carbocycles. The fraction of sp³-hybridized carbons (Fsp3) is 0.469. The number of nitrogens with zero attached hydrogens (tertiary/aromatic N) is 4. The first-order valence-electron chi connectivity index (χ1n) is 15.2. The molecule has 1 aromatic heterocycles. The van der Waals surface area contributed by atoms with Crippen LogP contribution in [0.5, 0.6) is 5.75 Å². The first-order chi connectivity index (χ1) is 21.6. The van der Waals surface area contributed by atoms with E-state index in [0.717, 1.165) is 54.3 Å². The van der Waals surface area contributed by atoms with Crippen molar-refractivity contribution in [3.63, 3.8) is 0 Å². The summed E-state index contributed by atoms with van der Waals surface area (Å²) >= 11 is 7.89. The molecule has 0 unspecified atom stereocenters. The average molecular weight is 677 g/mol. The van der Waals surface area contributed by atoms with Gasteiger partial charge in [0.2, 0.25) is 0 Å². The first kappa shape index (κ1) is 32.4. The van der Waals surface area contributed by atoms with Gasteiger partial charge in [0.1, 0.15) is 5.75 Å². The number of halogens is 4. The number of piperidine rings is 1. The van der Waals surface area contributed by atoms with Crippen LogP contribution < -0.4 is 15.5 Å². The summed E-state index contributed by atoms with van der Waals surface area (Å²) in [5, 5.41) is 17.6. The molecule has 9 nitrogen and oxygen atoms in total. The van der Waals surface area contributed by atoms with Gasteiger partial charge in [-0.25, -0.2) is 9.78 Å². The number of alkyl halides is 3. The molecule has 0 radical (unpaired) electrons. The lowest BCUT2D eigenvalue weighted by molar-refractivity contribution is -0.186.